The number of piperidine rings is 2. The number of ketones is 3. The van der Waals surface area contributed by atoms with Crippen molar-refractivity contribution in [3.8, 4) is 5.75 Å². The summed E-state index contributed by atoms with van der Waals surface area (Å²) in [4.78, 5) is 102. The maximum absolute atomic E-state index is 13.3. The first-order valence-electron chi connectivity index (χ1n) is 32.2. The van der Waals surface area contributed by atoms with Crippen LogP contribution < -0.4 is 20.1 Å². The molecule has 2 heterocycles. The summed E-state index contributed by atoms with van der Waals surface area (Å²) in [5.74, 6) is -1.90. The van der Waals surface area contributed by atoms with E-state index in [4.69, 9.17) is 14.2 Å². The van der Waals surface area contributed by atoms with Crippen molar-refractivity contribution in [1.82, 2.24) is 25.2 Å². The van der Waals surface area contributed by atoms with Gasteiger partial charge in [0.15, 0.2) is 0 Å². The fraction of sp³-hybridized carbons (Fsp3) is 0.623. The Morgan fingerprint density at radius 2 is 0.831 bits per heavy atom. The van der Waals surface area contributed by atoms with E-state index in [1.807, 2.05) is 84.3 Å². The molecule has 5 rings (SSSR count). The number of carbonyl (C=O) groups is 8. The number of carbonyl (C=O) groups excluding carboxylic acids is 7. The number of benzene rings is 3. The molecule has 0 radical (unpaired) electrons. The van der Waals surface area contributed by atoms with Gasteiger partial charge in [0.05, 0.1) is 17.9 Å². The quantitative estimate of drug-likeness (QED) is 0.0406. The number of amides is 4. The predicted molar refractivity (Wildman–Crippen MR) is 345 cm³/mol. The second kappa shape index (κ2) is 41.6. The monoisotopic (exact) mass is 1260 g/mol. The molecule has 20 heteroatoms. The lowest BCUT2D eigenvalue weighted by Crippen LogP contribution is -2.44. The molecule has 3 aromatic rings. The highest BCUT2D eigenvalue weighted by molar-refractivity contribution is 7.89. The summed E-state index contributed by atoms with van der Waals surface area (Å²) in [6, 6.07) is 25.1. The molecule has 0 unspecified atom stereocenters. The van der Waals surface area contributed by atoms with E-state index in [2.05, 4.69) is 43.1 Å². The Morgan fingerprint density at radius 1 is 0.483 bits per heavy atom. The Bertz CT molecular complexity index is 2710. The van der Waals surface area contributed by atoms with Gasteiger partial charge in [0.25, 0.3) is 0 Å². The Hall–Kier alpha value is -6.67. The van der Waals surface area contributed by atoms with E-state index < -0.39 is 45.9 Å². The summed E-state index contributed by atoms with van der Waals surface area (Å²) in [6.45, 7) is 21.3. The van der Waals surface area contributed by atoms with Crippen molar-refractivity contribution in [3.05, 3.63) is 96.1 Å². The molecule has 2 aliphatic rings. The number of carboxylic acid groups (broad SMARTS) is 1. The molecular formula is C69H105N5O14S. The molecule has 0 spiro atoms. The number of rotatable bonds is 34. The highest BCUT2D eigenvalue weighted by atomic mass is 32.2. The van der Waals surface area contributed by atoms with Gasteiger partial charge < -0.3 is 39.8 Å². The fourth-order valence-corrected chi connectivity index (χ4v) is 12.6. The first-order chi connectivity index (χ1) is 42.3. The number of ether oxygens (including phenoxy) is 3. The average molecular weight is 1260 g/mol. The number of nitrogens with zero attached hydrogens (tertiary/aromatic N) is 2. The van der Waals surface area contributed by atoms with E-state index in [0.29, 0.717) is 88.5 Å². The summed E-state index contributed by atoms with van der Waals surface area (Å²) >= 11 is 0. The molecule has 4 N–H and O–H groups in total. The normalized spacial score (nSPS) is 15.3. The molecule has 89 heavy (non-hydrogen) atoms. The molecule has 496 valence electrons. The van der Waals surface area contributed by atoms with E-state index in [9.17, 15) is 51.9 Å². The molecule has 2 saturated heterocycles. The summed E-state index contributed by atoms with van der Waals surface area (Å²) in [7, 11) is -2.12. The van der Waals surface area contributed by atoms with Gasteiger partial charge in [0.1, 0.15) is 36.3 Å². The first kappa shape index (κ1) is 76.6. The number of Topliss-reactive ketones (excluding diaryl/α,β-unsaturated/α-hetero) is 3. The SMILES string of the molecule is CC(=O)[C@@H](CCCNC(=O)OCc1ccccc1)[C@@H](CC(C)C)C(=O)N1CCCCC1.CC(=O)[C@@H](CCCNC(=O)OCc1ccccc1)[C@@H](CC(C)C)C(=O)O.COc1ccc(S(=O)(=O)NCCC[C@H](C(C)=O)[C@@H](CC(C)C)C(=O)N2CCCCC2)cc1. The number of hydrogen-bond acceptors (Lipinski definition) is 13. The van der Waals surface area contributed by atoms with Gasteiger partial charge in [-0.3, -0.25) is 28.8 Å². The lowest BCUT2D eigenvalue weighted by atomic mass is 9.79. The van der Waals surface area contributed by atoms with E-state index in [1.54, 1.807) is 26.0 Å². The third kappa shape index (κ3) is 29.7. The van der Waals surface area contributed by atoms with Crippen LogP contribution in [0.25, 0.3) is 0 Å². The van der Waals surface area contributed by atoms with Gasteiger partial charge in [-0.05, 0) is 170 Å². The predicted octanol–water partition coefficient (Wildman–Crippen LogP) is 11.9. The van der Waals surface area contributed by atoms with E-state index in [1.165, 1.54) is 32.6 Å². The smallest absolute Gasteiger partial charge is 0.407 e. The summed E-state index contributed by atoms with van der Waals surface area (Å²) in [5, 5.41) is 14.8. The Kier molecular flexibility index (Phi) is 35.8. The van der Waals surface area contributed by atoms with Crippen molar-refractivity contribution in [1.29, 1.82) is 0 Å². The van der Waals surface area contributed by atoms with Crippen LogP contribution in [0.1, 0.15) is 170 Å². The van der Waals surface area contributed by atoms with Gasteiger partial charge in [0.2, 0.25) is 21.8 Å². The molecule has 2 aliphatic heterocycles. The van der Waals surface area contributed by atoms with E-state index in [0.717, 1.165) is 69.4 Å². The van der Waals surface area contributed by atoms with E-state index in [-0.39, 0.29) is 77.5 Å². The van der Waals surface area contributed by atoms with Gasteiger partial charge in [0, 0.05) is 75.4 Å². The van der Waals surface area contributed by atoms with Crippen LogP contribution in [0.2, 0.25) is 0 Å². The summed E-state index contributed by atoms with van der Waals surface area (Å²) in [6.07, 6.45) is 10.4. The van der Waals surface area contributed by atoms with Crippen molar-refractivity contribution in [3.63, 3.8) is 0 Å². The summed E-state index contributed by atoms with van der Waals surface area (Å²) < 4.78 is 43.0. The van der Waals surface area contributed by atoms with Crippen LogP contribution in [0.5, 0.6) is 5.75 Å². The molecule has 19 nitrogen and oxygen atoms in total. The molecule has 0 saturated carbocycles. The minimum atomic E-state index is -3.64. The van der Waals surface area contributed by atoms with Gasteiger partial charge in [-0.2, -0.15) is 0 Å². The third-order valence-electron chi connectivity index (χ3n) is 16.2. The number of likely N-dealkylation sites (tertiary alicyclic amines) is 2. The summed E-state index contributed by atoms with van der Waals surface area (Å²) in [5.41, 5.74) is 1.83. The minimum Gasteiger partial charge on any atom is -0.497 e. The topological polar surface area (TPSA) is 261 Å². The molecule has 0 aliphatic carbocycles. The van der Waals surface area contributed by atoms with Gasteiger partial charge >= 0.3 is 18.2 Å². The van der Waals surface area contributed by atoms with Crippen molar-refractivity contribution >= 4 is 57.3 Å². The van der Waals surface area contributed by atoms with Crippen molar-refractivity contribution < 1.29 is 66.1 Å². The Balaban J connectivity index is 0.000000351. The van der Waals surface area contributed by atoms with Crippen LogP contribution in [-0.4, -0.2) is 124 Å². The fourth-order valence-electron chi connectivity index (χ4n) is 11.5. The number of hydrogen-bond donors (Lipinski definition) is 4. The average Bonchev–Trinajstić information content (AvgIpc) is 2.79. The maximum atomic E-state index is 13.3. The van der Waals surface area contributed by atoms with Gasteiger partial charge in [-0.1, -0.05) is 102 Å². The van der Waals surface area contributed by atoms with Crippen molar-refractivity contribution in [2.45, 2.75) is 177 Å². The lowest BCUT2D eigenvalue weighted by molar-refractivity contribution is -0.147. The molecular weight excluding hydrogens is 1150 g/mol. The van der Waals surface area contributed by atoms with Crippen LogP contribution in [0, 0.1) is 53.3 Å². The lowest BCUT2D eigenvalue weighted by Gasteiger charge is -2.34. The number of methoxy groups -OCH3 is 1. The third-order valence-corrected chi connectivity index (χ3v) is 17.7. The van der Waals surface area contributed by atoms with Crippen molar-refractivity contribution in [2.24, 2.45) is 53.3 Å². The minimum absolute atomic E-state index is 0.000906. The van der Waals surface area contributed by atoms with Crippen molar-refractivity contribution in [2.75, 3.05) is 52.9 Å². The number of carboxylic acids is 1. The zero-order valence-corrected chi connectivity index (χ0v) is 55.6. The second-order valence-electron chi connectivity index (χ2n) is 24.9. The van der Waals surface area contributed by atoms with Crippen LogP contribution >= 0.6 is 0 Å². The Morgan fingerprint density at radius 3 is 1.17 bits per heavy atom. The number of nitrogens with one attached hydrogen (secondary N) is 3. The van der Waals surface area contributed by atoms with Crippen LogP contribution in [-0.2, 0) is 61.5 Å². The number of sulfonamides is 1. The molecule has 3 aromatic carbocycles. The standard InChI is InChI=1S/C25H38N2O4.C24H38N2O5S.C20H29NO5/c1-19(2)17-23(24(29)27-15-8-5-9-16-27)22(20(3)28)13-10-14-26-25(30)31-18-21-11-6-4-7-12-21;1-18(2)17-23(24(28)26-15-6-5-7-16-26)22(19(3)27)9-8-14-25-32(29,30)21-12-10-20(31-4)11-13-21;1-14(2)12-18(19(23)24)17(15(3)22)10-7-11-21-20(25)26-13-16-8-5-4-6-9-16/h4,6-7,11-12,19,22-23H,5,8-10,13-18H2,1-3H3,(H,26,30);10-13,18,22-23,25H,5-9,14-17H2,1-4H3;4-6,8-9,14,17-18H,7,10-13H2,1-3H3,(H,21,25)(H,23,24)/t2*22-,23-;17-,18-/m111/s1. The van der Waals surface area contributed by atoms with Crippen LogP contribution in [0.4, 0.5) is 9.59 Å². The van der Waals surface area contributed by atoms with Crippen LogP contribution in [0.3, 0.4) is 0 Å². The number of aliphatic carboxylic acids is 1. The number of alkyl carbamates (subject to hydrolysis) is 2. The zero-order chi connectivity index (χ0) is 65.9. The maximum Gasteiger partial charge on any atom is 0.407 e. The molecule has 4 amide bonds. The first-order valence-corrected chi connectivity index (χ1v) is 33.7. The van der Waals surface area contributed by atoms with Gasteiger partial charge in [-0.25, -0.2) is 22.7 Å². The molecule has 0 bridgehead atoms. The molecule has 6 atom stereocenters. The highest BCUT2D eigenvalue weighted by Gasteiger charge is 2.37. The Labute approximate surface area is 531 Å². The zero-order valence-electron chi connectivity index (χ0n) is 54.8. The van der Waals surface area contributed by atoms with Gasteiger partial charge in [-0.15, -0.1) is 0 Å². The highest BCUT2D eigenvalue weighted by Crippen LogP contribution is 2.31. The van der Waals surface area contributed by atoms with Crippen LogP contribution in [0.15, 0.2) is 89.8 Å². The molecule has 2 fully saturated rings. The second-order valence-corrected chi connectivity index (χ2v) is 26.7. The largest absolute Gasteiger partial charge is 0.497 e. The van der Waals surface area contributed by atoms with E-state index >= 15 is 0 Å². The molecule has 0 aromatic heterocycles.